The van der Waals surface area contributed by atoms with Crippen LogP contribution in [0.4, 0.5) is 16.4 Å². The summed E-state index contributed by atoms with van der Waals surface area (Å²) in [6, 6.07) is 2.09. The van der Waals surface area contributed by atoms with E-state index in [0.29, 0.717) is 30.7 Å². The maximum Gasteiger partial charge on any atom is 0.317 e. The van der Waals surface area contributed by atoms with Gasteiger partial charge in [-0.3, -0.25) is 4.68 Å². The summed E-state index contributed by atoms with van der Waals surface area (Å²) in [6.45, 7) is 4.53. The molecule has 0 spiro atoms. The molecule has 1 fully saturated rings. The molecule has 4 rings (SSSR count). The molecule has 0 radical (unpaired) electrons. The summed E-state index contributed by atoms with van der Waals surface area (Å²) in [5.41, 5.74) is 2.98. The molecule has 30 heavy (non-hydrogen) atoms. The first-order chi connectivity index (χ1) is 14.5. The van der Waals surface area contributed by atoms with Crippen molar-refractivity contribution in [3.63, 3.8) is 0 Å². The number of aryl methyl sites for hydroxylation is 1. The number of methoxy groups -OCH3 is 1. The van der Waals surface area contributed by atoms with E-state index in [0.717, 1.165) is 49.6 Å². The third-order valence-electron chi connectivity index (χ3n) is 5.90. The fraction of sp³-hybridized carbons (Fsp3) is 0.600. The maximum atomic E-state index is 12.3. The van der Waals surface area contributed by atoms with E-state index in [1.54, 1.807) is 14.2 Å². The summed E-state index contributed by atoms with van der Waals surface area (Å²) >= 11 is 0. The van der Waals surface area contributed by atoms with Crippen molar-refractivity contribution in [3.05, 3.63) is 23.0 Å². The first-order valence-corrected chi connectivity index (χ1v) is 10.3. The smallest absolute Gasteiger partial charge is 0.317 e. The number of urea groups is 1. The van der Waals surface area contributed by atoms with E-state index in [1.807, 2.05) is 29.8 Å². The average molecular weight is 415 g/mol. The standard InChI is InChI=1S/C20H29N7O3/c1-13-17(29-4)11-18(23-22-13)25(3)19-15-12-26(20(28)21-2)8-5-16(15)27(24-19)14-6-9-30-10-7-14/h11,14H,5-10,12H2,1-4H3,(H,21,28). The first kappa shape index (κ1) is 20.4. The molecular formula is C20H29N7O3. The van der Waals surface area contributed by atoms with Crippen LogP contribution in [0.15, 0.2) is 6.07 Å². The molecule has 2 aliphatic heterocycles. The van der Waals surface area contributed by atoms with Gasteiger partial charge in [0.25, 0.3) is 0 Å². The van der Waals surface area contributed by atoms with Gasteiger partial charge in [-0.05, 0) is 19.8 Å². The number of carbonyl (C=O) groups excluding carboxylic acids is 1. The minimum atomic E-state index is -0.0788. The van der Waals surface area contributed by atoms with Crippen LogP contribution in [-0.2, 0) is 17.7 Å². The molecule has 0 bridgehead atoms. The van der Waals surface area contributed by atoms with E-state index in [2.05, 4.69) is 20.2 Å². The van der Waals surface area contributed by atoms with E-state index < -0.39 is 0 Å². The highest BCUT2D eigenvalue weighted by Crippen LogP contribution is 2.35. The third-order valence-corrected chi connectivity index (χ3v) is 5.90. The molecule has 1 N–H and O–H groups in total. The molecule has 0 saturated carbocycles. The number of anilines is 2. The van der Waals surface area contributed by atoms with E-state index in [4.69, 9.17) is 14.6 Å². The monoisotopic (exact) mass is 415 g/mol. The van der Waals surface area contributed by atoms with Gasteiger partial charge >= 0.3 is 6.03 Å². The lowest BCUT2D eigenvalue weighted by Crippen LogP contribution is -2.41. The van der Waals surface area contributed by atoms with E-state index >= 15 is 0 Å². The zero-order valence-electron chi connectivity index (χ0n) is 18.0. The number of hydrogen-bond donors (Lipinski definition) is 1. The Morgan fingerprint density at radius 2 is 2.10 bits per heavy atom. The molecule has 4 heterocycles. The molecule has 0 atom stereocenters. The second-order valence-corrected chi connectivity index (χ2v) is 7.68. The van der Waals surface area contributed by atoms with Gasteiger partial charge in [-0.25, -0.2) is 4.79 Å². The summed E-state index contributed by atoms with van der Waals surface area (Å²) in [6.07, 6.45) is 2.65. The Hall–Kier alpha value is -2.88. The summed E-state index contributed by atoms with van der Waals surface area (Å²) in [5.74, 6) is 2.12. The number of amides is 2. The molecule has 10 heteroatoms. The molecule has 0 unspecified atom stereocenters. The minimum absolute atomic E-state index is 0.0788. The Bertz CT molecular complexity index is 923. The molecule has 0 aliphatic carbocycles. The predicted molar refractivity (Wildman–Crippen MR) is 111 cm³/mol. The van der Waals surface area contributed by atoms with Crippen LogP contribution < -0.4 is 15.0 Å². The Kier molecular flexibility index (Phi) is 5.76. The molecule has 2 aromatic heterocycles. The number of aromatic nitrogens is 4. The normalized spacial score (nSPS) is 16.9. The van der Waals surface area contributed by atoms with Crippen LogP contribution in [0.2, 0.25) is 0 Å². The maximum absolute atomic E-state index is 12.3. The molecule has 2 amide bonds. The third kappa shape index (κ3) is 3.67. The van der Waals surface area contributed by atoms with E-state index in [-0.39, 0.29) is 6.03 Å². The molecule has 2 aromatic rings. The van der Waals surface area contributed by atoms with Gasteiger partial charge in [0, 0.05) is 57.6 Å². The average Bonchev–Trinajstić information content (AvgIpc) is 3.17. The van der Waals surface area contributed by atoms with E-state index in [9.17, 15) is 4.79 Å². The minimum Gasteiger partial charge on any atom is -0.495 e. The lowest BCUT2D eigenvalue weighted by molar-refractivity contribution is 0.0651. The van der Waals surface area contributed by atoms with Gasteiger partial charge in [0.05, 0.1) is 19.7 Å². The largest absolute Gasteiger partial charge is 0.495 e. The fourth-order valence-electron chi connectivity index (χ4n) is 4.17. The van der Waals surface area contributed by atoms with Gasteiger partial charge in [-0.2, -0.15) is 5.10 Å². The first-order valence-electron chi connectivity index (χ1n) is 10.3. The van der Waals surface area contributed by atoms with Crippen molar-refractivity contribution in [1.29, 1.82) is 0 Å². The van der Waals surface area contributed by atoms with Gasteiger partial charge in [-0.15, -0.1) is 10.2 Å². The van der Waals surface area contributed by atoms with Gasteiger partial charge in [-0.1, -0.05) is 0 Å². The highest BCUT2D eigenvalue weighted by atomic mass is 16.5. The van der Waals surface area contributed by atoms with Gasteiger partial charge in [0.2, 0.25) is 0 Å². The lowest BCUT2D eigenvalue weighted by Gasteiger charge is -2.30. The molecule has 162 valence electrons. The van der Waals surface area contributed by atoms with Gasteiger partial charge < -0.3 is 24.6 Å². The number of hydrogen-bond acceptors (Lipinski definition) is 7. The van der Waals surface area contributed by atoms with Crippen molar-refractivity contribution in [1.82, 2.24) is 30.2 Å². The van der Waals surface area contributed by atoms with Gasteiger partial charge in [0.15, 0.2) is 11.6 Å². The fourth-order valence-corrected chi connectivity index (χ4v) is 4.17. The van der Waals surface area contributed by atoms with Crippen molar-refractivity contribution in [2.45, 2.75) is 38.8 Å². The van der Waals surface area contributed by atoms with Crippen LogP contribution in [-0.4, -0.2) is 71.9 Å². The summed E-state index contributed by atoms with van der Waals surface area (Å²) in [5, 5.41) is 16.3. The Labute approximate surface area is 176 Å². The quantitative estimate of drug-likeness (QED) is 0.813. The molecule has 1 saturated heterocycles. The van der Waals surface area contributed by atoms with Crippen molar-refractivity contribution < 1.29 is 14.3 Å². The summed E-state index contributed by atoms with van der Waals surface area (Å²) in [7, 11) is 5.20. The van der Waals surface area contributed by atoms with Crippen LogP contribution in [0, 0.1) is 6.92 Å². The number of ether oxygens (including phenoxy) is 2. The Balaban J connectivity index is 1.74. The Morgan fingerprint density at radius 3 is 2.80 bits per heavy atom. The number of nitrogens with one attached hydrogen (secondary N) is 1. The van der Waals surface area contributed by atoms with Crippen molar-refractivity contribution >= 4 is 17.7 Å². The molecule has 10 nitrogen and oxygen atoms in total. The van der Waals surface area contributed by atoms with Crippen molar-refractivity contribution in [2.75, 3.05) is 45.9 Å². The highest BCUT2D eigenvalue weighted by Gasteiger charge is 2.32. The molecule has 0 aromatic carbocycles. The van der Waals surface area contributed by atoms with Gasteiger partial charge in [0.1, 0.15) is 11.4 Å². The van der Waals surface area contributed by atoms with Crippen LogP contribution in [0.5, 0.6) is 5.75 Å². The predicted octanol–water partition coefficient (Wildman–Crippen LogP) is 1.81. The summed E-state index contributed by atoms with van der Waals surface area (Å²) in [4.78, 5) is 16.0. The number of rotatable bonds is 4. The van der Waals surface area contributed by atoms with Crippen LogP contribution in [0.25, 0.3) is 0 Å². The van der Waals surface area contributed by atoms with Crippen molar-refractivity contribution in [3.8, 4) is 5.75 Å². The van der Waals surface area contributed by atoms with Crippen LogP contribution in [0.3, 0.4) is 0 Å². The molecular weight excluding hydrogens is 386 g/mol. The highest BCUT2D eigenvalue weighted by molar-refractivity contribution is 5.75. The second kappa shape index (κ2) is 8.47. The number of carbonyl (C=O) groups is 1. The topological polar surface area (TPSA) is 97.6 Å². The van der Waals surface area contributed by atoms with Crippen molar-refractivity contribution in [2.24, 2.45) is 0 Å². The number of fused-ring (bicyclic) bond motifs is 1. The van der Waals surface area contributed by atoms with Crippen LogP contribution in [0.1, 0.15) is 35.8 Å². The Morgan fingerprint density at radius 1 is 1.33 bits per heavy atom. The zero-order chi connectivity index (χ0) is 21.3. The zero-order valence-corrected chi connectivity index (χ0v) is 18.0. The van der Waals surface area contributed by atoms with E-state index in [1.165, 1.54) is 5.69 Å². The molecule has 2 aliphatic rings. The summed E-state index contributed by atoms with van der Waals surface area (Å²) < 4.78 is 13.1. The number of nitrogens with zero attached hydrogens (tertiary/aromatic N) is 6. The SMILES string of the molecule is CNC(=O)N1CCc2c(c(N(C)c3cc(OC)c(C)nn3)nn2C2CCOCC2)C1. The second-order valence-electron chi connectivity index (χ2n) is 7.68. The lowest BCUT2D eigenvalue weighted by atomic mass is 10.0. The van der Waals surface area contributed by atoms with Crippen LogP contribution >= 0.6 is 0 Å².